The minimum absolute atomic E-state index is 0.126. The Hall–Kier alpha value is -0.610. The highest BCUT2D eigenvalue weighted by atomic mass is 16.5. The lowest BCUT2D eigenvalue weighted by Gasteiger charge is -1.99. The van der Waals surface area contributed by atoms with Gasteiger partial charge in [-0.15, -0.1) is 0 Å². The van der Waals surface area contributed by atoms with Gasteiger partial charge in [-0.1, -0.05) is 0 Å². The standard InChI is InChI=1S/C6H11O4/c7-2-1-3-9-4-5-10-6-8/h7H,1-5H2. The quantitative estimate of drug-likeness (QED) is 0.492. The zero-order valence-corrected chi connectivity index (χ0v) is 5.71. The van der Waals surface area contributed by atoms with E-state index in [9.17, 15) is 4.79 Å². The van der Waals surface area contributed by atoms with Crippen LogP contribution in [-0.2, 0) is 14.3 Å². The normalized spacial score (nSPS) is 9.30. The SMILES string of the molecule is O=[C]OCCOCCCO. The first-order valence-corrected chi connectivity index (χ1v) is 3.09. The summed E-state index contributed by atoms with van der Waals surface area (Å²) in [6, 6.07) is 0. The van der Waals surface area contributed by atoms with E-state index in [1.165, 1.54) is 6.47 Å². The van der Waals surface area contributed by atoms with Crippen molar-refractivity contribution in [3.8, 4) is 0 Å². The van der Waals surface area contributed by atoms with Crippen LogP contribution in [0, 0.1) is 0 Å². The summed E-state index contributed by atoms with van der Waals surface area (Å²) in [5, 5.41) is 8.30. The summed E-state index contributed by atoms with van der Waals surface area (Å²) in [4.78, 5) is 9.45. The molecule has 4 heteroatoms. The first-order chi connectivity index (χ1) is 4.91. The molecule has 0 aromatic rings. The summed E-state index contributed by atoms with van der Waals surface area (Å²) in [6.45, 7) is 2.50. The van der Waals surface area contributed by atoms with Gasteiger partial charge in [0.2, 0.25) is 0 Å². The Balaban J connectivity index is 2.70. The van der Waals surface area contributed by atoms with Crippen LogP contribution in [0.3, 0.4) is 0 Å². The van der Waals surface area contributed by atoms with Gasteiger partial charge in [-0.2, -0.15) is 0 Å². The van der Waals surface area contributed by atoms with Crippen molar-refractivity contribution in [2.75, 3.05) is 26.4 Å². The van der Waals surface area contributed by atoms with E-state index < -0.39 is 0 Å². The Bertz CT molecular complexity index is 74.1. The third-order valence-electron chi connectivity index (χ3n) is 0.835. The maximum atomic E-state index is 9.45. The third kappa shape index (κ3) is 7.39. The molecule has 0 fully saturated rings. The van der Waals surface area contributed by atoms with Gasteiger partial charge in [-0.05, 0) is 6.42 Å². The molecule has 0 unspecified atom stereocenters. The molecule has 0 aliphatic rings. The molecular formula is C6H11O4. The molecule has 0 saturated heterocycles. The Labute approximate surface area is 59.7 Å². The molecule has 0 heterocycles. The molecule has 0 saturated carbocycles. The van der Waals surface area contributed by atoms with Crippen molar-refractivity contribution in [3.63, 3.8) is 0 Å². The van der Waals surface area contributed by atoms with Gasteiger partial charge in [0.1, 0.15) is 6.61 Å². The molecule has 0 aliphatic heterocycles. The van der Waals surface area contributed by atoms with Crippen molar-refractivity contribution < 1.29 is 19.4 Å². The maximum Gasteiger partial charge on any atom is 0.417 e. The molecular weight excluding hydrogens is 136 g/mol. The van der Waals surface area contributed by atoms with Crippen LogP contribution in [0.4, 0.5) is 0 Å². The summed E-state index contributed by atoms with van der Waals surface area (Å²) in [6.07, 6.45) is 0.616. The summed E-state index contributed by atoms with van der Waals surface area (Å²) in [5.41, 5.74) is 0. The molecule has 1 radical (unpaired) electrons. The van der Waals surface area contributed by atoms with Gasteiger partial charge in [-0.3, -0.25) is 0 Å². The molecule has 0 bridgehead atoms. The number of carbonyl (C=O) groups excluding carboxylic acids is 1. The van der Waals surface area contributed by atoms with Gasteiger partial charge in [-0.25, -0.2) is 4.79 Å². The molecule has 0 amide bonds. The minimum atomic E-state index is 0.126. The lowest BCUT2D eigenvalue weighted by molar-refractivity contribution is 0.0838. The van der Waals surface area contributed by atoms with Crippen molar-refractivity contribution >= 4 is 6.47 Å². The number of hydrogen-bond donors (Lipinski definition) is 1. The van der Waals surface area contributed by atoms with Crippen molar-refractivity contribution in [2.24, 2.45) is 0 Å². The van der Waals surface area contributed by atoms with E-state index in [1.54, 1.807) is 0 Å². The van der Waals surface area contributed by atoms with E-state index in [-0.39, 0.29) is 13.2 Å². The van der Waals surface area contributed by atoms with Crippen LogP contribution in [0.1, 0.15) is 6.42 Å². The van der Waals surface area contributed by atoms with Gasteiger partial charge < -0.3 is 14.6 Å². The van der Waals surface area contributed by atoms with Crippen LogP contribution >= 0.6 is 0 Å². The second kappa shape index (κ2) is 8.39. The topological polar surface area (TPSA) is 55.8 Å². The summed E-state index contributed by atoms with van der Waals surface area (Å²) < 4.78 is 9.13. The average molecular weight is 147 g/mol. The highest BCUT2D eigenvalue weighted by Gasteiger charge is 1.87. The molecule has 0 aromatic heterocycles. The molecule has 0 aromatic carbocycles. The Morgan fingerprint density at radius 3 is 2.70 bits per heavy atom. The summed E-state index contributed by atoms with van der Waals surface area (Å²) in [5.74, 6) is 0. The number of rotatable bonds is 7. The lowest BCUT2D eigenvalue weighted by atomic mass is 10.5. The summed E-state index contributed by atoms with van der Waals surface area (Å²) in [7, 11) is 0. The van der Waals surface area contributed by atoms with Gasteiger partial charge >= 0.3 is 6.47 Å². The second-order valence-corrected chi connectivity index (χ2v) is 1.62. The number of hydrogen-bond acceptors (Lipinski definition) is 4. The Morgan fingerprint density at radius 2 is 2.10 bits per heavy atom. The minimum Gasteiger partial charge on any atom is -0.455 e. The van der Waals surface area contributed by atoms with E-state index in [0.29, 0.717) is 19.6 Å². The van der Waals surface area contributed by atoms with Crippen molar-refractivity contribution in [1.29, 1.82) is 0 Å². The predicted molar refractivity (Wildman–Crippen MR) is 34.2 cm³/mol. The number of aliphatic hydroxyl groups is 1. The molecule has 10 heavy (non-hydrogen) atoms. The zero-order chi connectivity index (χ0) is 7.66. The fraction of sp³-hybridized carbons (Fsp3) is 0.833. The van der Waals surface area contributed by atoms with Crippen LogP contribution in [0.2, 0.25) is 0 Å². The maximum absolute atomic E-state index is 9.45. The highest BCUT2D eigenvalue weighted by molar-refractivity contribution is 5.37. The average Bonchev–Trinajstić information content (AvgIpc) is 1.97. The van der Waals surface area contributed by atoms with Crippen LogP contribution in [0.25, 0.3) is 0 Å². The third-order valence-corrected chi connectivity index (χ3v) is 0.835. The van der Waals surface area contributed by atoms with E-state index >= 15 is 0 Å². The Kier molecular flexibility index (Phi) is 7.88. The van der Waals surface area contributed by atoms with Crippen LogP contribution < -0.4 is 0 Å². The first-order valence-electron chi connectivity index (χ1n) is 3.09. The second-order valence-electron chi connectivity index (χ2n) is 1.62. The van der Waals surface area contributed by atoms with Crippen molar-refractivity contribution in [1.82, 2.24) is 0 Å². The zero-order valence-electron chi connectivity index (χ0n) is 5.71. The Morgan fingerprint density at radius 1 is 1.30 bits per heavy atom. The van der Waals surface area contributed by atoms with Crippen LogP contribution in [0.5, 0.6) is 0 Å². The molecule has 0 aliphatic carbocycles. The van der Waals surface area contributed by atoms with E-state index in [4.69, 9.17) is 9.84 Å². The molecule has 4 nitrogen and oxygen atoms in total. The van der Waals surface area contributed by atoms with Gasteiger partial charge in [0.05, 0.1) is 6.61 Å². The first kappa shape index (κ1) is 9.39. The molecule has 0 atom stereocenters. The largest absolute Gasteiger partial charge is 0.455 e. The lowest BCUT2D eigenvalue weighted by Crippen LogP contribution is -2.04. The van der Waals surface area contributed by atoms with Crippen molar-refractivity contribution in [3.05, 3.63) is 0 Å². The van der Waals surface area contributed by atoms with Gasteiger partial charge in [0.25, 0.3) is 0 Å². The monoisotopic (exact) mass is 147 g/mol. The fourth-order valence-electron chi connectivity index (χ4n) is 0.411. The smallest absolute Gasteiger partial charge is 0.417 e. The molecule has 0 rings (SSSR count). The number of ether oxygens (including phenoxy) is 2. The molecule has 59 valence electrons. The summed E-state index contributed by atoms with van der Waals surface area (Å²) >= 11 is 0. The van der Waals surface area contributed by atoms with E-state index in [2.05, 4.69) is 4.74 Å². The van der Waals surface area contributed by atoms with E-state index in [1.807, 2.05) is 0 Å². The van der Waals surface area contributed by atoms with Crippen molar-refractivity contribution in [2.45, 2.75) is 6.42 Å². The fourth-order valence-corrected chi connectivity index (χ4v) is 0.411. The van der Waals surface area contributed by atoms with Gasteiger partial charge in [0, 0.05) is 13.2 Å². The highest BCUT2D eigenvalue weighted by Crippen LogP contribution is 1.80. The van der Waals surface area contributed by atoms with Crippen LogP contribution in [-0.4, -0.2) is 38.0 Å². The van der Waals surface area contributed by atoms with Gasteiger partial charge in [0.15, 0.2) is 0 Å². The van der Waals surface area contributed by atoms with Crippen LogP contribution in [0.15, 0.2) is 0 Å². The van der Waals surface area contributed by atoms with E-state index in [0.717, 1.165) is 0 Å². The molecule has 0 spiro atoms. The molecule has 1 N–H and O–H groups in total. The predicted octanol–water partition coefficient (Wildman–Crippen LogP) is -0.531. The number of aliphatic hydroxyl groups excluding tert-OH is 1.